The predicted molar refractivity (Wildman–Crippen MR) is 136 cm³/mol. The maximum atomic E-state index is 12.7. The summed E-state index contributed by atoms with van der Waals surface area (Å²) in [6.07, 6.45) is 0.638. The lowest BCUT2D eigenvalue weighted by atomic mass is 10.1. The van der Waals surface area contributed by atoms with Crippen LogP contribution in [0.25, 0.3) is 5.69 Å². The summed E-state index contributed by atoms with van der Waals surface area (Å²) in [7, 11) is 1.61. The first-order chi connectivity index (χ1) is 16.7. The van der Waals surface area contributed by atoms with E-state index in [2.05, 4.69) is 27.6 Å². The minimum Gasteiger partial charge on any atom is -0.383 e. The SMILES string of the molecule is COCCNC(=O)c1ccccc1CSc1nnc(Cc2ccccc2)n1-c1cccc(Cl)c1. The van der Waals surface area contributed by atoms with E-state index in [1.165, 1.54) is 11.8 Å². The molecular formula is C26H25ClN4O2S. The monoisotopic (exact) mass is 492 g/mol. The summed E-state index contributed by atoms with van der Waals surface area (Å²) >= 11 is 7.83. The molecule has 4 aromatic rings. The van der Waals surface area contributed by atoms with Gasteiger partial charge in [-0.1, -0.05) is 78.0 Å². The Morgan fingerprint density at radius 1 is 1.03 bits per heavy atom. The van der Waals surface area contributed by atoms with Crippen LogP contribution in [-0.4, -0.2) is 40.9 Å². The molecule has 1 heterocycles. The molecule has 8 heteroatoms. The predicted octanol–water partition coefficient (Wildman–Crippen LogP) is 5.18. The summed E-state index contributed by atoms with van der Waals surface area (Å²) < 4.78 is 7.06. The Labute approximate surface area is 208 Å². The Morgan fingerprint density at radius 2 is 1.82 bits per heavy atom. The van der Waals surface area contributed by atoms with Crippen LogP contribution in [0, 0.1) is 0 Å². The van der Waals surface area contributed by atoms with E-state index in [0.717, 1.165) is 27.8 Å². The summed E-state index contributed by atoms with van der Waals surface area (Å²) in [6.45, 7) is 0.929. The molecule has 1 aromatic heterocycles. The number of methoxy groups -OCH3 is 1. The van der Waals surface area contributed by atoms with E-state index in [1.54, 1.807) is 7.11 Å². The van der Waals surface area contributed by atoms with Gasteiger partial charge < -0.3 is 10.1 Å². The van der Waals surface area contributed by atoms with Crippen molar-refractivity contribution >= 4 is 29.3 Å². The number of benzene rings is 3. The molecule has 1 amide bonds. The Bertz CT molecular complexity index is 1250. The van der Waals surface area contributed by atoms with Crippen molar-refractivity contribution in [3.05, 3.63) is 106 Å². The highest BCUT2D eigenvalue weighted by Crippen LogP contribution is 2.28. The van der Waals surface area contributed by atoms with Crippen molar-refractivity contribution in [2.45, 2.75) is 17.3 Å². The van der Waals surface area contributed by atoms with Gasteiger partial charge in [-0.2, -0.15) is 0 Å². The molecule has 0 fully saturated rings. The third kappa shape index (κ3) is 6.05. The molecule has 0 aliphatic heterocycles. The van der Waals surface area contributed by atoms with E-state index in [1.807, 2.05) is 71.3 Å². The second-order valence-electron chi connectivity index (χ2n) is 7.57. The third-order valence-electron chi connectivity index (χ3n) is 5.18. The number of thioether (sulfide) groups is 1. The average Bonchev–Trinajstić information content (AvgIpc) is 3.26. The van der Waals surface area contributed by atoms with Gasteiger partial charge in [0.2, 0.25) is 0 Å². The first kappa shape index (κ1) is 24.0. The van der Waals surface area contributed by atoms with Gasteiger partial charge >= 0.3 is 0 Å². The molecule has 174 valence electrons. The molecule has 0 radical (unpaired) electrons. The van der Waals surface area contributed by atoms with Crippen LogP contribution in [0.5, 0.6) is 0 Å². The highest BCUT2D eigenvalue weighted by Gasteiger charge is 2.17. The number of hydrogen-bond acceptors (Lipinski definition) is 5. The standard InChI is InChI=1S/C26H25ClN4O2S/c1-33-15-14-28-25(32)23-13-6-5-10-20(23)18-34-26-30-29-24(16-19-8-3-2-4-9-19)31(26)22-12-7-11-21(27)17-22/h2-13,17H,14-16,18H2,1H3,(H,28,32). The number of rotatable bonds is 10. The van der Waals surface area contributed by atoms with Gasteiger partial charge in [0.15, 0.2) is 5.16 Å². The number of hydrogen-bond donors (Lipinski definition) is 1. The molecule has 6 nitrogen and oxygen atoms in total. The van der Waals surface area contributed by atoms with Crippen molar-refractivity contribution in [2.24, 2.45) is 0 Å². The van der Waals surface area contributed by atoms with Crippen LogP contribution in [0.1, 0.15) is 27.3 Å². The number of halogens is 1. The van der Waals surface area contributed by atoms with Crippen LogP contribution in [0.15, 0.2) is 84.0 Å². The van der Waals surface area contributed by atoms with Crippen LogP contribution < -0.4 is 5.32 Å². The van der Waals surface area contributed by atoms with Gasteiger partial charge in [0.25, 0.3) is 5.91 Å². The van der Waals surface area contributed by atoms with Gasteiger partial charge in [0.1, 0.15) is 5.82 Å². The highest BCUT2D eigenvalue weighted by molar-refractivity contribution is 7.98. The third-order valence-corrected chi connectivity index (χ3v) is 6.40. The molecule has 3 aromatic carbocycles. The molecule has 1 N–H and O–H groups in total. The van der Waals surface area contributed by atoms with Crippen LogP contribution in [0.3, 0.4) is 0 Å². The number of carbonyl (C=O) groups excluding carboxylic acids is 1. The average molecular weight is 493 g/mol. The Hall–Kier alpha value is -3.13. The van der Waals surface area contributed by atoms with Crippen LogP contribution >= 0.6 is 23.4 Å². The van der Waals surface area contributed by atoms with Gasteiger partial charge in [-0.25, -0.2) is 0 Å². The molecular weight excluding hydrogens is 468 g/mol. The van der Waals surface area contributed by atoms with Crippen LogP contribution in [-0.2, 0) is 16.9 Å². The van der Waals surface area contributed by atoms with E-state index < -0.39 is 0 Å². The van der Waals surface area contributed by atoms with Gasteiger partial charge in [0, 0.05) is 36.4 Å². The number of aromatic nitrogens is 3. The Morgan fingerprint density at radius 3 is 2.62 bits per heavy atom. The zero-order valence-corrected chi connectivity index (χ0v) is 20.4. The number of nitrogens with one attached hydrogen (secondary N) is 1. The van der Waals surface area contributed by atoms with Gasteiger partial charge in [-0.05, 0) is 35.4 Å². The van der Waals surface area contributed by atoms with Gasteiger partial charge in [-0.3, -0.25) is 9.36 Å². The van der Waals surface area contributed by atoms with Crippen molar-refractivity contribution in [1.82, 2.24) is 20.1 Å². The number of ether oxygens (including phenoxy) is 1. The molecule has 0 aliphatic carbocycles. The summed E-state index contributed by atoms with van der Waals surface area (Å²) in [5.41, 5.74) is 3.61. The summed E-state index contributed by atoms with van der Waals surface area (Å²) in [6, 6.07) is 25.4. The second-order valence-corrected chi connectivity index (χ2v) is 8.95. The molecule has 0 saturated heterocycles. The quantitative estimate of drug-likeness (QED) is 0.244. The van der Waals surface area contributed by atoms with E-state index in [9.17, 15) is 4.79 Å². The highest BCUT2D eigenvalue weighted by atomic mass is 35.5. The lowest BCUT2D eigenvalue weighted by Crippen LogP contribution is -2.27. The molecule has 0 spiro atoms. The largest absolute Gasteiger partial charge is 0.383 e. The summed E-state index contributed by atoms with van der Waals surface area (Å²) in [4.78, 5) is 12.7. The molecule has 4 rings (SSSR count). The molecule has 0 saturated carbocycles. The fourth-order valence-corrected chi connectivity index (χ4v) is 4.69. The Kier molecular flexibility index (Phi) is 8.36. The minimum absolute atomic E-state index is 0.116. The topological polar surface area (TPSA) is 69.0 Å². The van der Waals surface area contributed by atoms with Crippen LogP contribution in [0.2, 0.25) is 5.02 Å². The van der Waals surface area contributed by atoms with Crippen molar-refractivity contribution in [3.8, 4) is 5.69 Å². The second kappa shape index (κ2) is 11.8. The van der Waals surface area contributed by atoms with E-state index in [-0.39, 0.29) is 5.91 Å². The van der Waals surface area contributed by atoms with Crippen LogP contribution in [0.4, 0.5) is 0 Å². The fourth-order valence-electron chi connectivity index (χ4n) is 3.53. The number of nitrogens with zero attached hydrogens (tertiary/aromatic N) is 3. The lowest BCUT2D eigenvalue weighted by molar-refractivity contribution is 0.0936. The maximum absolute atomic E-state index is 12.7. The maximum Gasteiger partial charge on any atom is 0.251 e. The molecule has 0 atom stereocenters. The van der Waals surface area contributed by atoms with Crippen molar-refractivity contribution in [2.75, 3.05) is 20.3 Å². The molecule has 0 unspecified atom stereocenters. The summed E-state index contributed by atoms with van der Waals surface area (Å²) in [5, 5.41) is 13.3. The van der Waals surface area contributed by atoms with Crippen molar-refractivity contribution < 1.29 is 9.53 Å². The normalized spacial score (nSPS) is 10.9. The summed E-state index contributed by atoms with van der Waals surface area (Å²) in [5.74, 6) is 1.27. The first-order valence-electron chi connectivity index (χ1n) is 10.9. The zero-order valence-electron chi connectivity index (χ0n) is 18.8. The van der Waals surface area contributed by atoms with Gasteiger partial charge in [0.05, 0.1) is 12.3 Å². The molecule has 0 bridgehead atoms. The fraction of sp³-hybridized carbons (Fsp3) is 0.192. The lowest BCUT2D eigenvalue weighted by Gasteiger charge is -2.12. The van der Waals surface area contributed by atoms with E-state index in [0.29, 0.717) is 35.9 Å². The van der Waals surface area contributed by atoms with E-state index in [4.69, 9.17) is 16.3 Å². The smallest absolute Gasteiger partial charge is 0.251 e. The number of carbonyl (C=O) groups is 1. The molecule has 0 aliphatic rings. The molecule has 34 heavy (non-hydrogen) atoms. The Balaban J connectivity index is 1.60. The van der Waals surface area contributed by atoms with Crippen molar-refractivity contribution in [1.29, 1.82) is 0 Å². The van der Waals surface area contributed by atoms with Gasteiger partial charge in [-0.15, -0.1) is 10.2 Å². The number of amides is 1. The minimum atomic E-state index is -0.116. The first-order valence-corrected chi connectivity index (χ1v) is 12.2. The van der Waals surface area contributed by atoms with Crippen molar-refractivity contribution in [3.63, 3.8) is 0 Å². The van der Waals surface area contributed by atoms with E-state index >= 15 is 0 Å². The zero-order chi connectivity index (χ0) is 23.8.